The minimum Gasteiger partial charge on any atom is -0.380 e. The smallest absolute Gasteiger partial charge is 0.380 e. The van der Waals surface area contributed by atoms with Gasteiger partial charge < -0.3 is 9.88 Å². The summed E-state index contributed by atoms with van der Waals surface area (Å²) in [4.78, 5) is 3.97. The molecule has 0 bridgehead atoms. The molecule has 1 fully saturated rings. The molecule has 1 N–H and O–H groups in total. The summed E-state index contributed by atoms with van der Waals surface area (Å²) in [6.07, 6.45) is -1.59. The Bertz CT molecular complexity index is 1210. The lowest BCUT2D eigenvalue weighted by atomic mass is 9.94. The standard InChI is InChI=1S/C21H20ClF3N4O2S/c1-28-12-20(26-13-28)32(30,31)29-10-17(16-4-2-3-5-18(16)22)19(11-29)27-15-8-6-14(7-9-15)21(23,24)25/h2-9,12-13,17,19,27H,10-11H2,1H3/t17-,19+/m0/s1. The molecule has 1 aromatic heterocycles. The average Bonchev–Trinajstić information content (AvgIpc) is 3.35. The summed E-state index contributed by atoms with van der Waals surface area (Å²) in [5.41, 5.74) is 0.464. The van der Waals surface area contributed by atoms with Crippen molar-refractivity contribution < 1.29 is 21.6 Å². The van der Waals surface area contributed by atoms with Crippen molar-refractivity contribution in [3.63, 3.8) is 0 Å². The van der Waals surface area contributed by atoms with Gasteiger partial charge in [-0.05, 0) is 35.9 Å². The number of rotatable bonds is 5. The van der Waals surface area contributed by atoms with Crippen LogP contribution in [0.15, 0.2) is 66.1 Å². The largest absolute Gasteiger partial charge is 0.416 e. The van der Waals surface area contributed by atoms with E-state index in [1.165, 1.54) is 29.0 Å². The van der Waals surface area contributed by atoms with Gasteiger partial charge in [-0.1, -0.05) is 29.8 Å². The van der Waals surface area contributed by atoms with E-state index in [0.29, 0.717) is 10.7 Å². The molecule has 0 aliphatic carbocycles. The zero-order valence-electron chi connectivity index (χ0n) is 16.9. The second kappa shape index (κ2) is 8.42. The Balaban J connectivity index is 1.64. The lowest BCUT2D eigenvalue weighted by molar-refractivity contribution is -0.137. The summed E-state index contributed by atoms with van der Waals surface area (Å²) < 4.78 is 67.8. The van der Waals surface area contributed by atoms with E-state index in [1.807, 2.05) is 12.1 Å². The van der Waals surface area contributed by atoms with Crippen LogP contribution in [0.25, 0.3) is 0 Å². The highest BCUT2D eigenvalue weighted by Crippen LogP contribution is 2.37. The number of hydrogen-bond acceptors (Lipinski definition) is 4. The second-order valence-corrected chi connectivity index (χ2v) is 9.95. The topological polar surface area (TPSA) is 67.2 Å². The van der Waals surface area contributed by atoms with Crippen molar-refractivity contribution in [3.05, 3.63) is 77.2 Å². The normalized spacial score (nSPS) is 19.9. The number of sulfonamides is 1. The molecule has 3 aromatic rings. The number of halogens is 4. The Hall–Kier alpha value is -2.56. The van der Waals surface area contributed by atoms with Crippen molar-refractivity contribution in [1.29, 1.82) is 0 Å². The van der Waals surface area contributed by atoms with Crippen molar-refractivity contribution >= 4 is 27.3 Å². The van der Waals surface area contributed by atoms with Crippen LogP contribution in [0.2, 0.25) is 5.02 Å². The number of benzene rings is 2. The highest BCUT2D eigenvalue weighted by atomic mass is 35.5. The molecule has 0 amide bonds. The van der Waals surface area contributed by atoms with Crippen LogP contribution in [0, 0.1) is 0 Å². The lowest BCUT2D eigenvalue weighted by Crippen LogP contribution is -2.32. The molecule has 2 heterocycles. The molecule has 1 saturated heterocycles. The molecule has 32 heavy (non-hydrogen) atoms. The fraction of sp³-hybridized carbons (Fsp3) is 0.286. The van der Waals surface area contributed by atoms with E-state index < -0.39 is 27.8 Å². The third-order valence-corrected chi connectivity index (χ3v) is 7.50. The molecule has 170 valence electrons. The number of aromatic nitrogens is 2. The van der Waals surface area contributed by atoms with Gasteiger partial charge in [0, 0.05) is 49.0 Å². The summed E-state index contributed by atoms with van der Waals surface area (Å²) in [5.74, 6) is -0.315. The number of nitrogens with one attached hydrogen (secondary N) is 1. The number of alkyl halides is 3. The van der Waals surface area contributed by atoms with E-state index in [9.17, 15) is 21.6 Å². The molecule has 6 nitrogen and oxygen atoms in total. The number of hydrogen-bond donors (Lipinski definition) is 1. The van der Waals surface area contributed by atoms with Gasteiger partial charge in [-0.3, -0.25) is 0 Å². The quantitative estimate of drug-likeness (QED) is 0.584. The molecule has 0 spiro atoms. The first-order valence-electron chi connectivity index (χ1n) is 9.72. The minimum absolute atomic E-state index is 0.0620. The van der Waals surface area contributed by atoms with E-state index in [0.717, 1.165) is 17.7 Å². The first kappa shape index (κ1) is 22.6. The van der Waals surface area contributed by atoms with Gasteiger partial charge in [-0.25, -0.2) is 13.4 Å². The van der Waals surface area contributed by atoms with Gasteiger partial charge >= 0.3 is 6.18 Å². The van der Waals surface area contributed by atoms with Gasteiger partial charge in [0.05, 0.1) is 11.9 Å². The van der Waals surface area contributed by atoms with E-state index in [2.05, 4.69) is 10.3 Å². The molecule has 2 aromatic carbocycles. The number of aryl methyl sites for hydroxylation is 1. The third-order valence-electron chi connectivity index (χ3n) is 5.44. The SMILES string of the molecule is Cn1cnc(S(=O)(=O)N2C[C@@H](Nc3ccc(C(F)(F)F)cc3)[C@H](c3ccccc3Cl)C2)c1. The Labute approximate surface area is 188 Å². The van der Waals surface area contributed by atoms with Gasteiger partial charge in [-0.15, -0.1) is 0 Å². The highest BCUT2D eigenvalue weighted by molar-refractivity contribution is 7.89. The van der Waals surface area contributed by atoms with Gasteiger partial charge in [0.2, 0.25) is 0 Å². The Morgan fingerprint density at radius 3 is 2.38 bits per heavy atom. The zero-order valence-corrected chi connectivity index (χ0v) is 18.5. The summed E-state index contributed by atoms with van der Waals surface area (Å²) in [5, 5.41) is 3.63. The van der Waals surface area contributed by atoms with Crippen molar-refractivity contribution in [3.8, 4) is 0 Å². The first-order chi connectivity index (χ1) is 15.1. The molecular weight excluding hydrogens is 465 g/mol. The summed E-state index contributed by atoms with van der Waals surface area (Å²) >= 11 is 6.39. The van der Waals surface area contributed by atoms with Crippen molar-refractivity contribution in [2.45, 2.75) is 23.2 Å². The van der Waals surface area contributed by atoms with Crippen molar-refractivity contribution in [1.82, 2.24) is 13.9 Å². The van der Waals surface area contributed by atoms with Crippen LogP contribution in [-0.2, 0) is 23.2 Å². The van der Waals surface area contributed by atoms with Crippen LogP contribution in [0.5, 0.6) is 0 Å². The Morgan fingerprint density at radius 1 is 1.09 bits per heavy atom. The van der Waals surface area contributed by atoms with Crippen molar-refractivity contribution in [2.24, 2.45) is 7.05 Å². The van der Waals surface area contributed by atoms with Crippen LogP contribution < -0.4 is 5.32 Å². The third kappa shape index (κ3) is 4.48. The van der Waals surface area contributed by atoms with E-state index in [1.54, 1.807) is 23.7 Å². The molecule has 1 aliphatic heterocycles. The Morgan fingerprint density at radius 2 is 1.78 bits per heavy atom. The summed E-state index contributed by atoms with van der Waals surface area (Å²) in [7, 11) is -2.18. The molecule has 1 aliphatic rings. The maximum Gasteiger partial charge on any atom is 0.416 e. The molecule has 2 atom stereocenters. The lowest BCUT2D eigenvalue weighted by Gasteiger charge is -2.22. The molecule has 11 heteroatoms. The van der Waals surface area contributed by atoms with Gasteiger partial charge in [0.1, 0.15) is 0 Å². The second-order valence-electron chi connectivity index (χ2n) is 7.65. The summed E-state index contributed by atoms with van der Waals surface area (Å²) in [6, 6.07) is 11.4. The van der Waals surface area contributed by atoms with E-state index in [4.69, 9.17) is 11.6 Å². The molecule has 0 radical (unpaired) electrons. The fourth-order valence-electron chi connectivity index (χ4n) is 3.83. The highest BCUT2D eigenvalue weighted by Gasteiger charge is 2.41. The minimum atomic E-state index is -4.43. The monoisotopic (exact) mass is 484 g/mol. The maximum absolute atomic E-state index is 13.1. The Kier molecular flexibility index (Phi) is 5.95. The van der Waals surface area contributed by atoms with Crippen LogP contribution in [0.4, 0.5) is 18.9 Å². The van der Waals surface area contributed by atoms with Crippen LogP contribution >= 0.6 is 11.6 Å². The number of imidazole rings is 1. The summed E-state index contributed by atoms with van der Waals surface area (Å²) in [6.45, 7) is 0.261. The van der Waals surface area contributed by atoms with Gasteiger partial charge in [-0.2, -0.15) is 17.5 Å². The average molecular weight is 485 g/mol. The van der Waals surface area contributed by atoms with E-state index in [-0.39, 0.29) is 24.0 Å². The maximum atomic E-state index is 13.1. The fourth-order valence-corrected chi connectivity index (χ4v) is 5.56. The zero-order chi connectivity index (χ0) is 23.1. The number of anilines is 1. The molecular formula is C21H20ClF3N4O2S. The predicted octanol–water partition coefficient (Wildman–Crippen LogP) is 4.36. The van der Waals surface area contributed by atoms with Crippen LogP contribution in [-0.4, -0.2) is 41.4 Å². The van der Waals surface area contributed by atoms with Gasteiger partial charge in [0.15, 0.2) is 5.03 Å². The molecule has 4 rings (SSSR count). The first-order valence-corrected chi connectivity index (χ1v) is 11.5. The van der Waals surface area contributed by atoms with Crippen molar-refractivity contribution in [2.75, 3.05) is 18.4 Å². The van der Waals surface area contributed by atoms with Gasteiger partial charge in [0.25, 0.3) is 10.0 Å². The van der Waals surface area contributed by atoms with Crippen LogP contribution in [0.3, 0.4) is 0 Å². The molecule has 0 unspecified atom stereocenters. The number of nitrogens with zero attached hydrogens (tertiary/aromatic N) is 3. The molecule has 0 saturated carbocycles. The predicted molar refractivity (Wildman–Crippen MR) is 115 cm³/mol. The van der Waals surface area contributed by atoms with E-state index >= 15 is 0 Å². The van der Waals surface area contributed by atoms with Crippen LogP contribution in [0.1, 0.15) is 17.0 Å².